The minimum Gasteiger partial charge on any atom is -0.368 e. The molecule has 1 saturated carbocycles. The van der Waals surface area contributed by atoms with Crippen LogP contribution in [0.5, 0.6) is 0 Å². The fourth-order valence-corrected chi connectivity index (χ4v) is 2.11. The van der Waals surface area contributed by atoms with Gasteiger partial charge in [0.05, 0.1) is 0 Å². The summed E-state index contributed by atoms with van der Waals surface area (Å²) < 4.78 is 5.74. The molecule has 0 radical (unpaired) electrons. The van der Waals surface area contributed by atoms with E-state index in [1.165, 1.54) is 19.3 Å². The molecule has 0 aromatic carbocycles. The normalized spacial score (nSPS) is 22.4. The minimum absolute atomic E-state index is 0.434. The van der Waals surface area contributed by atoms with Crippen LogP contribution in [0.25, 0.3) is 0 Å². The molecule has 0 aromatic rings. The van der Waals surface area contributed by atoms with E-state index in [2.05, 4.69) is 6.92 Å². The fourth-order valence-electron chi connectivity index (χ4n) is 2.11. The van der Waals surface area contributed by atoms with Crippen LogP contribution in [-0.2, 0) is 9.53 Å². The van der Waals surface area contributed by atoms with Crippen LogP contribution in [0.2, 0.25) is 0 Å². The van der Waals surface area contributed by atoms with Gasteiger partial charge in [0.1, 0.15) is 5.60 Å². The molecule has 0 heterocycles. The summed E-state index contributed by atoms with van der Waals surface area (Å²) in [5.74, 6) is 0. The van der Waals surface area contributed by atoms with Crippen LogP contribution in [0.4, 0.5) is 0 Å². The van der Waals surface area contributed by atoms with Gasteiger partial charge in [-0.3, -0.25) is 0 Å². The lowest BCUT2D eigenvalue weighted by molar-refractivity contribution is -0.134. The molecule has 1 fully saturated rings. The Morgan fingerprint density at radius 1 is 1.14 bits per heavy atom. The van der Waals surface area contributed by atoms with Crippen molar-refractivity contribution in [3.8, 4) is 0 Å². The van der Waals surface area contributed by atoms with Crippen molar-refractivity contribution in [3.05, 3.63) is 0 Å². The van der Waals surface area contributed by atoms with Gasteiger partial charge in [-0.1, -0.05) is 39.0 Å². The molecule has 0 spiro atoms. The number of ether oxygens (including phenoxy) is 1. The van der Waals surface area contributed by atoms with Gasteiger partial charge in [0.15, 0.2) is 6.29 Å². The van der Waals surface area contributed by atoms with Gasteiger partial charge in [-0.15, -0.1) is 0 Å². The van der Waals surface area contributed by atoms with Crippen LogP contribution in [0.15, 0.2) is 0 Å². The van der Waals surface area contributed by atoms with Gasteiger partial charge >= 0.3 is 0 Å². The van der Waals surface area contributed by atoms with E-state index < -0.39 is 5.60 Å². The van der Waals surface area contributed by atoms with E-state index in [9.17, 15) is 4.79 Å². The maximum atomic E-state index is 11.1. The zero-order valence-electron chi connectivity index (χ0n) is 9.26. The first-order chi connectivity index (χ1) is 6.83. The number of rotatable bonds is 4. The molecule has 0 aliphatic heterocycles. The lowest BCUT2D eigenvalue weighted by Gasteiger charge is -2.30. The van der Waals surface area contributed by atoms with Crippen LogP contribution >= 0.6 is 0 Å². The van der Waals surface area contributed by atoms with Crippen molar-refractivity contribution in [1.29, 1.82) is 0 Å². The van der Waals surface area contributed by atoms with E-state index in [1.54, 1.807) is 0 Å². The van der Waals surface area contributed by atoms with Gasteiger partial charge in [-0.05, 0) is 19.3 Å². The zero-order chi connectivity index (χ0) is 10.3. The zero-order valence-corrected chi connectivity index (χ0v) is 9.26. The first-order valence-corrected chi connectivity index (χ1v) is 5.93. The van der Waals surface area contributed by atoms with Crippen LogP contribution in [0.3, 0.4) is 0 Å². The molecule has 0 unspecified atom stereocenters. The Labute approximate surface area is 87.0 Å². The number of carbonyl (C=O) groups excluding carboxylic acids is 1. The topological polar surface area (TPSA) is 26.3 Å². The largest absolute Gasteiger partial charge is 0.368 e. The molecule has 0 amide bonds. The van der Waals surface area contributed by atoms with Crippen LogP contribution < -0.4 is 0 Å². The molecule has 0 aromatic heterocycles. The highest BCUT2D eigenvalue weighted by Gasteiger charge is 2.30. The van der Waals surface area contributed by atoms with E-state index in [-0.39, 0.29) is 0 Å². The molecule has 1 rings (SSSR count). The SMILES string of the molecule is CCCOC1(C=O)CCCCCCC1. The first kappa shape index (κ1) is 11.7. The third-order valence-corrected chi connectivity index (χ3v) is 3.01. The van der Waals surface area contributed by atoms with Gasteiger partial charge in [0, 0.05) is 6.61 Å². The average Bonchev–Trinajstić information content (AvgIpc) is 2.18. The summed E-state index contributed by atoms with van der Waals surface area (Å²) in [6, 6.07) is 0. The molecule has 1 aliphatic rings. The van der Waals surface area contributed by atoms with E-state index in [0.29, 0.717) is 0 Å². The number of aldehydes is 1. The fraction of sp³-hybridized carbons (Fsp3) is 0.917. The monoisotopic (exact) mass is 198 g/mol. The van der Waals surface area contributed by atoms with Crippen molar-refractivity contribution in [2.45, 2.75) is 63.9 Å². The highest BCUT2D eigenvalue weighted by atomic mass is 16.5. The summed E-state index contributed by atoms with van der Waals surface area (Å²) in [4.78, 5) is 11.1. The average molecular weight is 198 g/mol. The second kappa shape index (κ2) is 6.18. The van der Waals surface area contributed by atoms with E-state index in [1.807, 2.05) is 0 Å². The van der Waals surface area contributed by atoms with Crippen LogP contribution in [0, 0.1) is 0 Å². The summed E-state index contributed by atoms with van der Waals surface area (Å²) >= 11 is 0. The van der Waals surface area contributed by atoms with Crippen LogP contribution in [0.1, 0.15) is 58.3 Å². The maximum Gasteiger partial charge on any atom is 0.151 e. The van der Waals surface area contributed by atoms with Crippen molar-refractivity contribution in [2.24, 2.45) is 0 Å². The summed E-state index contributed by atoms with van der Waals surface area (Å²) in [5, 5.41) is 0. The van der Waals surface area contributed by atoms with Gasteiger partial charge in [-0.25, -0.2) is 0 Å². The molecule has 0 N–H and O–H groups in total. The molecule has 1 aliphatic carbocycles. The Morgan fingerprint density at radius 2 is 1.71 bits per heavy atom. The number of carbonyl (C=O) groups is 1. The second-order valence-electron chi connectivity index (χ2n) is 4.30. The predicted molar refractivity (Wildman–Crippen MR) is 57.4 cm³/mol. The Kier molecular flexibility index (Phi) is 5.16. The van der Waals surface area contributed by atoms with Gasteiger partial charge < -0.3 is 9.53 Å². The van der Waals surface area contributed by atoms with E-state index in [0.717, 1.165) is 45.0 Å². The standard InChI is InChI=1S/C12H22O2/c1-2-10-14-12(11-13)8-6-4-3-5-7-9-12/h11H,2-10H2,1H3. The molecule has 2 heteroatoms. The smallest absolute Gasteiger partial charge is 0.151 e. The number of hydrogen-bond acceptors (Lipinski definition) is 2. The Morgan fingerprint density at radius 3 is 2.21 bits per heavy atom. The molecule has 0 bridgehead atoms. The minimum atomic E-state index is -0.434. The molecule has 82 valence electrons. The second-order valence-corrected chi connectivity index (χ2v) is 4.30. The Hall–Kier alpha value is -0.370. The molecule has 0 atom stereocenters. The van der Waals surface area contributed by atoms with Crippen molar-refractivity contribution in [2.75, 3.05) is 6.61 Å². The highest BCUT2D eigenvalue weighted by molar-refractivity contribution is 5.62. The van der Waals surface area contributed by atoms with Crippen molar-refractivity contribution < 1.29 is 9.53 Å². The van der Waals surface area contributed by atoms with Crippen molar-refractivity contribution in [1.82, 2.24) is 0 Å². The maximum absolute atomic E-state index is 11.1. The summed E-state index contributed by atoms with van der Waals surface area (Å²) in [6.45, 7) is 2.81. The Balaban J connectivity index is 2.48. The van der Waals surface area contributed by atoms with E-state index >= 15 is 0 Å². The van der Waals surface area contributed by atoms with Crippen molar-refractivity contribution >= 4 is 6.29 Å². The molecular formula is C12H22O2. The third-order valence-electron chi connectivity index (χ3n) is 3.01. The van der Waals surface area contributed by atoms with Gasteiger partial charge in [0.25, 0.3) is 0 Å². The molecular weight excluding hydrogens is 176 g/mol. The lowest BCUT2D eigenvalue weighted by Crippen LogP contribution is -2.35. The highest BCUT2D eigenvalue weighted by Crippen LogP contribution is 2.28. The molecule has 2 nitrogen and oxygen atoms in total. The lowest BCUT2D eigenvalue weighted by atomic mass is 9.88. The summed E-state index contributed by atoms with van der Waals surface area (Å²) in [5.41, 5.74) is -0.434. The molecule has 14 heavy (non-hydrogen) atoms. The summed E-state index contributed by atoms with van der Waals surface area (Å²) in [6.07, 6.45) is 10.0. The van der Waals surface area contributed by atoms with Gasteiger partial charge in [-0.2, -0.15) is 0 Å². The number of hydrogen-bond donors (Lipinski definition) is 0. The van der Waals surface area contributed by atoms with Crippen LogP contribution in [-0.4, -0.2) is 18.5 Å². The predicted octanol–water partition coefficient (Wildman–Crippen LogP) is 3.10. The van der Waals surface area contributed by atoms with E-state index in [4.69, 9.17) is 4.74 Å². The Bertz CT molecular complexity index is 152. The third kappa shape index (κ3) is 3.41. The first-order valence-electron chi connectivity index (χ1n) is 5.93. The molecule has 0 saturated heterocycles. The van der Waals surface area contributed by atoms with Crippen molar-refractivity contribution in [3.63, 3.8) is 0 Å². The van der Waals surface area contributed by atoms with Gasteiger partial charge in [0.2, 0.25) is 0 Å². The summed E-state index contributed by atoms with van der Waals surface area (Å²) in [7, 11) is 0. The quantitative estimate of drug-likeness (QED) is 0.649.